The number of hydrogen-bond donors (Lipinski definition) is 1. The highest BCUT2D eigenvalue weighted by atomic mass is 16.5. The van der Waals surface area contributed by atoms with E-state index in [-0.39, 0.29) is 0 Å². The summed E-state index contributed by atoms with van der Waals surface area (Å²) in [6.07, 6.45) is 5.45. The molecule has 0 aromatic rings. The summed E-state index contributed by atoms with van der Waals surface area (Å²) in [6, 6.07) is 0. The minimum atomic E-state index is 0.821. The number of nitrogens with zero attached hydrogens (tertiary/aromatic N) is 1. The minimum Gasteiger partial charge on any atom is -0.383 e. The highest BCUT2D eigenvalue weighted by Gasteiger charge is 2.16. The average Bonchev–Trinajstić information content (AvgIpc) is 2.34. The fraction of sp³-hybridized carbons (Fsp3) is 1.00. The Morgan fingerprint density at radius 1 is 1.25 bits per heavy atom. The predicted octanol–water partition coefficient (Wildman–Crippen LogP) is 1.73. The topological polar surface area (TPSA) is 24.5 Å². The number of piperidine rings is 1. The largest absolute Gasteiger partial charge is 0.383 e. The third-order valence-corrected chi connectivity index (χ3v) is 3.60. The van der Waals surface area contributed by atoms with Crippen molar-refractivity contribution in [1.82, 2.24) is 10.2 Å². The lowest BCUT2D eigenvalue weighted by Gasteiger charge is -2.31. The standard InChI is InChI=1S/C13H28N2O/c1-3-13-5-10-15(11-6-13)9-4-7-14-8-12-16-2/h13-14H,3-12H2,1-2H3. The molecule has 1 N–H and O–H groups in total. The second-order valence-corrected chi connectivity index (χ2v) is 4.79. The molecule has 0 aromatic carbocycles. The van der Waals surface area contributed by atoms with Crippen LogP contribution in [0, 0.1) is 5.92 Å². The smallest absolute Gasteiger partial charge is 0.0587 e. The Bertz CT molecular complexity index is 156. The van der Waals surface area contributed by atoms with Crippen molar-refractivity contribution in [3.8, 4) is 0 Å². The highest BCUT2D eigenvalue weighted by Crippen LogP contribution is 2.19. The molecule has 0 atom stereocenters. The van der Waals surface area contributed by atoms with Crippen LogP contribution in [0.1, 0.15) is 32.6 Å². The van der Waals surface area contributed by atoms with E-state index in [0.29, 0.717) is 0 Å². The summed E-state index contributed by atoms with van der Waals surface area (Å²) in [6.45, 7) is 9.14. The Kier molecular flexibility index (Phi) is 7.81. The lowest BCUT2D eigenvalue weighted by atomic mass is 9.94. The first-order valence-corrected chi connectivity index (χ1v) is 6.78. The minimum absolute atomic E-state index is 0.821. The molecule has 3 nitrogen and oxygen atoms in total. The van der Waals surface area contributed by atoms with E-state index in [2.05, 4.69) is 17.1 Å². The Labute approximate surface area is 101 Å². The van der Waals surface area contributed by atoms with Gasteiger partial charge in [0.1, 0.15) is 0 Å². The molecule has 0 saturated carbocycles. The van der Waals surface area contributed by atoms with Crippen LogP contribution in [0.5, 0.6) is 0 Å². The fourth-order valence-corrected chi connectivity index (χ4v) is 2.35. The van der Waals surface area contributed by atoms with E-state index < -0.39 is 0 Å². The van der Waals surface area contributed by atoms with Crippen LogP contribution in [0.4, 0.5) is 0 Å². The molecule has 1 heterocycles. The van der Waals surface area contributed by atoms with Crippen LogP contribution in [0.15, 0.2) is 0 Å². The Morgan fingerprint density at radius 3 is 2.62 bits per heavy atom. The number of hydrogen-bond acceptors (Lipinski definition) is 3. The maximum absolute atomic E-state index is 4.99. The van der Waals surface area contributed by atoms with E-state index in [9.17, 15) is 0 Å². The van der Waals surface area contributed by atoms with Crippen LogP contribution >= 0.6 is 0 Å². The van der Waals surface area contributed by atoms with Crippen molar-refractivity contribution in [3.63, 3.8) is 0 Å². The number of rotatable bonds is 8. The molecule has 0 aliphatic carbocycles. The first-order chi connectivity index (χ1) is 7.86. The number of nitrogens with one attached hydrogen (secondary N) is 1. The van der Waals surface area contributed by atoms with Crippen LogP contribution in [0.25, 0.3) is 0 Å². The Hall–Kier alpha value is -0.120. The van der Waals surface area contributed by atoms with Crippen molar-refractivity contribution in [3.05, 3.63) is 0 Å². The van der Waals surface area contributed by atoms with Gasteiger partial charge in [-0.05, 0) is 51.4 Å². The van der Waals surface area contributed by atoms with Gasteiger partial charge in [0.2, 0.25) is 0 Å². The molecule has 0 bridgehead atoms. The quantitative estimate of drug-likeness (QED) is 0.640. The van der Waals surface area contributed by atoms with Crippen LogP contribution in [-0.2, 0) is 4.74 Å². The monoisotopic (exact) mass is 228 g/mol. The molecule has 0 aromatic heterocycles. The molecule has 16 heavy (non-hydrogen) atoms. The normalized spacial score (nSPS) is 19.1. The Balaban J connectivity index is 1.90. The second-order valence-electron chi connectivity index (χ2n) is 4.79. The third-order valence-electron chi connectivity index (χ3n) is 3.60. The zero-order valence-corrected chi connectivity index (χ0v) is 11.0. The lowest BCUT2D eigenvalue weighted by molar-refractivity contribution is 0.177. The van der Waals surface area contributed by atoms with Crippen molar-refractivity contribution in [1.29, 1.82) is 0 Å². The number of methoxy groups -OCH3 is 1. The van der Waals surface area contributed by atoms with Crippen LogP contribution < -0.4 is 5.32 Å². The molecule has 1 fully saturated rings. The maximum Gasteiger partial charge on any atom is 0.0587 e. The number of likely N-dealkylation sites (tertiary alicyclic amines) is 1. The Morgan fingerprint density at radius 2 is 2.00 bits per heavy atom. The van der Waals surface area contributed by atoms with E-state index in [0.717, 1.165) is 25.6 Å². The van der Waals surface area contributed by atoms with Gasteiger partial charge >= 0.3 is 0 Å². The summed E-state index contributed by atoms with van der Waals surface area (Å²) >= 11 is 0. The van der Waals surface area contributed by atoms with Gasteiger partial charge in [0, 0.05) is 13.7 Å². The van der Waals surface area contributed by atoms with Crippen LogP contribution in [-0.4, -0.2) is 51.3 Å². The molecule has 1 aliphatic rings. The van der Waals surface area contributed by atoms with Gasteiger partial charge in [0.25, 0.3) is 0 Å². The van der Waals surface area contributed by atoms with Gasteiger partial charge in [-0.15, -0.1) is 0 Å². The van der Waals surface area contributed by atoms with E-state index in [4.69, 9.17) is 4.74 Å². The lowest BCUT2D eigenvalue weighted by Crippen LogP contribution is -2.35. The molecule has 1 aliphatic heterocycles. The van der Waals surface area contributed by atoms with Gasteiger partial charge in [-0.1, -0.05) is 13.3 Å². The molecule has 1 saturated heterocycles. The molecule has 1 rings (SSSR count). The molecule has 0 amide bonds. The van der Waals surface area contributed by atoms with Crippen molar-refractivity contribution in [2.24, 2.45) is 5.92 Å². The average molecular weight is 228 g/mol. The zero-order chi connectivity index (χ0) is 11.6. The van der Waals surface area contributed by atoms with Gasteiger partial charge in [0.05, 0.1) is 6.61 Å². The molecular formula is C13H28N2O. The third kappa shape index (κ3) is 5.83. The SMILES string of the molecule is CCC1CCN(CCCNCCOC)CC1. The van der Waals surface area contributed by atoms with Gasteiger partial charge in [-0.3, -0.25) is 0 Å². The molecule has 0 unspecified atom stereocenters. The highest BCUT2D eigenvalue weighted by molar-refractivity contribution is 4.71. The van der Waals surface area contributed by atoms with E-state index in [1.54, 1.807) is 7.11 Å². The van der Waals surface area contributed by atoms with E-state index >= 15 is 0 Å². The van der Waals surface area contributed by atoms with Crippen molar-refractivity contribution in [2.75, 3.05) is 46.4 Å². The molecule has 0 spiro atoms. The van der Waals surface area contributed by atoms with E-state index in [1.165, 1.54) is 45.3 Å². The van der Waals surface area contributed by atoms with Crippen molar-refractivity contribution in [2.45, 2.75) is 32.6 Å². The molecular weight excluding hydrogens is 200 g/mol. The van der Waals surface area contributed by atoms with Gasteiger partial charge in [0.15, 0.2) is 0 Å². The summed E-state index contributed by atoms with van der Waals surface area (Å²) in [5.41, 5.74) is 0. The van der Waals surface area contributed by atoms with E-state index in [1.807, 2.05) is 0 Å². The maximum atomic E-state index is 4.99. The summed E-state index contributed by atoms with van der Waals surface area (Å²) in [7, 11) is 1.75. The van der Waals surface area contributed by atoms with Gasteiger partial charge in [-0.2, -0.15) is 0 Å². The first kappa shape index (κ1) is 13.9. The van der Waals surface area contributed by atoms with Gasteiger partial charge in [-0.25, -0.2) is 0 Å². The zero-order valence-electron chi connectivity index (χ0n) is 11.0. The first-order valence-electron chi connectivity index (χ1n) is 6.78. The predicted molar refractivity (Wildman–Crippen MR) is 68.8 cm³/mol. The fourth-order valence-electron chi connectivity index (χ4n) is 2.35. The second kappa shape index (κ2) is 8.97. The molecule has 3 heteroatoms. The molecule has 0 radical (unpaired) electrons. The van der Waals surface area contributed by atoms with Gasteiger partial charge < -0.3 is 15.0 Å². The molecule has 96 valence electrons. The van der Waals surface area contributed by atoms with Crippen molar-refractivity contribution < 1.29 is 4.74 Å². The summed E-state index contributed by atoms with van der Waals surface area (Å²) < 4.78 is 4.99. The van der Waals surface area contributed by atoms with Crippen molar-refractivity contribution >= 4 is 0 Å². The summed E-state index contributed by atoms with van der Waals surface area (Å²) in [5, 5.41) is 3.39. The summed E-state index contributed by atoms with van der Waals surface area (Å²) in [4.78, 5) is 2.62. The van der Waals surface area contributed by atoms with Crippen LogP contribution in [0.3, 0.4) is 0 Å². The number of ether oxygens (including phenoxy) is 1. The van der Waals surface area contributed by atoms with Crippen LogP contribution in [0.2, 0.25) is 0 Å². The summed E-state index contributed by atoms with van der Waals surface area (Å²) in [5.74, 6) is 0.996.